The number of sulfone groups is 1. The average Bonchev–Trinajstić information content (AvgIpc) is 2.52. The van der Waals surface area contributed by atoms with Crippen molar-refractivity contribution in [3.8, 4) is 0 Å². The minimum atomic E-state index is -3.33. The van der Waals surface area contributed by atoms with Crippen molar-refractivity contribution >= 4 is 15.7 Å². The normalized spacial score (nSPS) is 11.5. The van der Waals surface area contributed by atoms with Crippen LogP contribution in [-0.2, 0) is 16.4 Å². The highest BCUT2D eigenvalue weighted by atomic mass is 32.2. The molecular formula is C18H21NO3S. The molecule has 0 heterocycles. The van der Waals surface area contributed by atoms with Crippen LogP contribution in [0.25, 0.3) is 0 Å². The molecule has 0 aromatic heterocycles. The molecule has 0 N–H and O–H groups in total. The van der Waals surface area contributed by atoms with Crippen LogP contribution in [0.15, 0.2) is 59.5 Å². The van der Waals surface area contributed by atoms with Gasteiger partial charge < -0.3 is 4.90 Å². The van der Waals surface area contributed by atoms with Gasteiger partial charge in [0.2, 0.25) is 0 Å². The summed E-state index contributed by atoms with van der Waals surface area (Å²) in [6, 6.07) is 15.9. The topological polar surface area (TPSA) is 54.5 Å². The van der Waals surface area contributed by atoms with Crippen molar-refractivity contribution in [3.05, 3.63) is 65.7 Å². The van der Waals surface area contributed by atoms with Gasteiger partial charge in [0.25, 0.3) is 5.91 Å². The fourth-order valence-electron chi connectivity index (χ4n) is 2.29. The Kier molecular flexibility index (Phi) is 5.21. The Hall–Kier alpha value is -2.14. The third kappa shape index (κ3) is 4.42. The quantitative estimate of drug-likeness (QED) is 0.846. The summed E-state index contributed by atoms with van der Waals surface area (Å²) in [6.45, 7) is 4.38. The van der Waals surface area contributed by atoms with Gasteiger partial charge in [-0.2, -0.15) is 0 Å². The summed E-state index contributed by atoms with van der Waals surface area (Å²) in [4.78, 5) is 14.7. The number of rotatable bonds is 5. The fourth-order valence-corrected chi connectivity index (χ4v) is 2.96. The molecule has 0 spiro atoms. The molecule has 2 aromatic carbocycles. The van der Waals surface area contributed by atoms with Gasteiger partial charge in [0.15, 0.2) is 9.84 Å². The molecule has 0 aliphatic carbocycles. The maximum absolute atomic E-state index is 12.8. The standard InChI is InChI=1S/C18H21NO3S/c1-14(2)19(13-15-8-5-4-6-9-15)18(20)16-10-7-11-17(12-16)23(3,21)22/h4-12,14H,13H2,1-3H3. The largest absolute Gasteiger partial charge is 0.332 e. The van der Waals surface area contributed by atoms with Crippen molar-refractivity contribution in [2.45, 2.75) is 31.3 Å². The van der Waals surface area contributed by atoms with E-state index in [1.165, 1.54) is 12.1 Å². The van der Waals surface area contributed by atoms with Crippen molar-refractivity contribution < 1.29 is 13.2 Å². The van der Waals surface area contributed by atoms with E-state index < -0.39 is 9.84 Å². The van der Waals surface area contributed by atoms with E-state index in [0.29, 0.717) is 12.1 Å². The van der Waals surface area contributed by atoms with Crippen LogP contribution < -0.4 is 0 Å². The van der Waals surface area contributed by atoms with E-state index in [1.807, 2.05) is 44.2 Å². The Morgan fingerprint density at radius 3 is 2.26 bits per heavy atom. The van der Waals surface area contributed by atoms with Crippen LogP contribution in [0.1, 0.15) is 29.8 Å². The van der Waals surface area contributed by atoms with E-state index in [9.17, 15) is 13.2 Å². The molecule has 0 atom stereocenters. The van der Waals surface area contributed by atoms with E-state index in [2.05, 4.69) is 0 Å². The van der Waals surface area contributed by atoms with Gasteiger partial charge in [-0.3, -0.25) is 4.79 Å². The molecule has 2 rings (SSSR count). The molecule has 122 valence electrons. The second kappa shape index (κ2) is 6.96. The highest BCUT2D eigenvalue weighted by molar-refractivity contribution is 7.90. The fraction of sp³-hybridized carbons (Fsp3) is 0.278. The third-order valence-electron chi connectivity index (χ3n) is 3.59. The molecule has 0 bridgehead atoms. The van der Waals surface area contributed by atoms with E-state index in [0.717, 1.165) is 11.8 Å². The van der Waals surface area contributed by atoms with Crippen molar-refractivity contribution in [1.29, 1.82) is 0 Å². The van der Waals surface area contributed by atoms with Gasteiger partial charge in [0.1, 0.15) is 0 Å². The summed E-state index contributed by atoms with van der Waals surface area (Å²) in [5.41, 5.74) is 1.42. The molecule has 1 amide bonds. The maximum Gasteiger partial charge on any atom is 0.254 e. The molecule has 5 heteroatoms. The van der Waals surface area contributed by atoms with Gasteiger partial charge >= 0.3 is 0 Å². The van der Waals surface area contributed by atoms with Gasteiger partial charge in [0, 0.05) is 24.4 Å². The first-order valence-electron chi connectivity index (χ1n) is 7.44. The zero-order valence-electron chi connectivity index (χ0n) is 13.6. The third-order valence-corrected chi connectivity index (χ3v) is 4.70. The van der Waals surface area contributed by atoms with Crippen LogP contribution in [-0.4, -0.2) is 31.5 Å². The number of nitrogens with zero attached hydrogens (tertiary/aromatic N) is 1. The Bertz CT molecular complexity index is 783. The number of carbonyl (C=O) groups excluding carboxylic acids is 1. The second-order valence-electron chi connectivity index (χ2n) is 5.81. The summed E-state index contributed by atoms with van der Waals surface area (Å²) >= 11 is 0. The number of hydrogen-bond acceptors (Lipinski definition) is 3. The molecule has 0 saturated carbocycles. The molecule has 23 heavy (non-hydrogen) atoms. The number of hydrogen-bond donors (Lipinski definition) is 0. The lowest BCUT2D eigenvalue weighted by molar-refractivity contribution is 0.0690. The van der Waals surface area contributed by atoms with Gasteiger partial charge in [-0.15, -0.1) is 0 Å². The number of amides is 1. The summed E-state index contributed by atoms with van der Waals surface area (Å²) in [5.74, 6) is -0.172. The van der Waals surface area contributed by atoms with E-state index in [1.54, 1.807) is 17.0 Å². The highest BCUT2D eigenvalue weighted by Crippen LogP contribution is 2.16. The van der Waals surface area contributed by atoms with Crippen LogP contribution in [0, 0.1) is 0 Å². The number of carbonyl (C=O) groups is 1. The summed E-state index contributed by atoms with van der Waals surface area (Å²) in [7, 11) is -3.33. The Morgan fingerprint density at radius 1 is 1.04 bits per heavy atom. The average molecular weight is 331 g/mol. The van der Waals surface area contributed by atoms with Crippen LogP contribution in [0.4, 0.5) is 0 Å². The Morgan fingerprint density at radius 2 is 1.70 bits per heavy atom. The lowest BCUT2D eigenvalue weighted by atomic mass is 10.1. The molecular weight excluding hydrogens is 310 g/mol. The molecule has 0 aliphatic rings. The molecule has 4 nitrogen and oxygen atoms in total. The summed E-state index contributed by atoms with van der Waals surface area (Å²) < 4.78 is 23.4. The van der Waals surface area contributed by atoms with Crippen LogP contribution >= 0.6 is 0 Å². The minimum absolute atomic E-state index is 0.00426. The molecule has 0 fully saturated rings. The smallest absolute Gasteiger partial charge is 0.254 e. The van der Waals surface area contributed by atoms with Gasteiger partial charge in [-0.05, 0) is 37.6 Å². The van der Waals surface area contributed by atoms with E-state index in [4.69, 9.17) is 0 Å². The first kappa shape index (κ1) is 17.2. The second-order valence-corrected chi connectivity index (χ2v) is 7.83. The highest BCUT2D eigenvalue weighted by Gasteiger charge is 2.20. The number of benzene rings is 2. The predicted molar refractivity (Wildman–Crippen MR) is 91.0 cm³/mol. The SMILES string of the molecule is CC(C)N(Cc1ccccc1)C(=O)c1cccc(S(C)(=O)=O)c1. The molecule has 0 aliphatic heterocycles. The summed E-state index contributed by atoms with van der Waals surface area (Å²) in [6.07, 6.45) is 1.14. The van der Waals surface area contributed by atoms with Crippen LogP contribution in [0.5, 0.6) is 0 Å². The maximum atomic E-state index is 12.8. The first-order chi connectivity index (χ1) is 10.8. The predicted octanol–water partition coefficient (Wildman–Crippen LogP) is 3.14. The van der Waals surface area contributed by atoms with Crippen molar-refractivity contribution in [2.24, 2.45) is 0 Å². The lowest BCUT2D eigenvalue weighted by Crippen LogP contribution is -2.36. The first-order valence-corrected chi connectivity index (χ1v) is 9.33. The monoisotopic (exact) mass is 331 g/mol. The zero-order chi connectivity index (χ0) is 17.0. The Labute approximate surface area is 137 Å². The van der Waals surface area contributed by atoms with Crippen molar-refractivity contribution in [1.82, 2.24) is 4.90 Å². The summed E-state index contributed by atoms with van der Waals surface area (Å²) in [5, 5.41) is 0. The van der Waals surface area contributed by atoms with Crippen molar-refractivity contribution in [3.63, 3.8) is 0 Å². The Balaban J connectivity index is 2.32. The van der Waals surface area contributed by atoms with Crippen LogP contribution in [0.2, 0.25) is 0 Å². The van der Waals surface area contributed by atoms with E-state index >= 15 is 0 Å². The van der Waals surface area contributed by atoms with E-state index in [-0.39, 0.29) is 16.8 Å². The minimum Gasteiger partial charge on any atom is -0.332 e. The molecule has 2 aromatic rings. The van der Waals surface area contributed by atoms with Gasteiger partial charge in [0.05, 0.1) is 4.90 Å². The molecule has 0 saturated heterocycles. The zero-order valence-corrected chi connectivity index (χ0v) is 14.4. The van der Waals surface area contributed by atoms with Crippen molar-refractivity contribution in [2.75, 3.05) is 6.26 Å². The molecule has 0 radical (unpaired) electrons. The molecule has 0 unspecified atom stereocenters. The van der Waals surface area contributed by atoms with Gasteiger partial charge in [-0.1, -0.05) is 36.4 Å². The van der Waals surface area contributed by atoms with Crippen LogP contribution in [0.3, 0.4) is 0 Å². The van der Waals surface area contributed by atoms with Gasteiger partial charge in [-0.25, -0.2) is 8.42 Å². The lowest BCUT2D eigenvalue weighted by Gasteiger charge is -2.27.